The third-order valence-electron chi connectivity index (χ3n) is 3.89. The van der Waals surface area contributed by atoms with Gasteiger partial charge >= 0.3 is 0 Å². The SMILES string of the molecule is CCCNC(CCC(C)C)Cc1ccc2ccccc2n1. The molecule has 2 aromatic rings. The molecule has 1 atom stereocenters. The number of hydrogen-bond donors (Lipinski definition) is 1. The summed E-state index contributed by atoms with van der Waals surface area (Å²) in [7, 11) is 0. The average molecular weight is 284 g/mol. The van der Waals surface area contributed by atoms with E-state index in [0.717, 1.165) is 24.4 Å². The van der Waals surface area contributed by atoms with E-state index in [9.17, 15) is 0 Å². The first-order chi connectivity index (χ1) is 10.2. The largest absolute Gasteiger partial charge is 0.314 e. The number of para-hydroxylation sites is 1. The van der Waals surface area contributed by atoms with Crippen LogP contribution in [0, 0.1) is 5.92 Å². The Hall–Kier alpha value is -1.41. The lowest BCUT2D eigenvalue weighted by Crippen LogP contribution is -2.32. The smallest absolute Gasteiger partial charge is 0.0705 e. The van der Waals surface area contributed by atoms with Crippen LogP contribution >= 0.6 is 0 Å². The Morgan fingerprint density at radius 3 is 2.62 bits per heavy atom. The van der Waals surface area contributed by atoms with Gasteiger partial charge in [0.2, 0.25) is 0 Å². The van der Waals surface area contributed by atoms with Gasteiger partial charge in [0.15, 0.2) is 0 Å². The minimum Gasteiger partial charge on any atom is -0.314 e. The summed E-state index contributed by atoms with van der Waals surface area (Å²) in [5.41, 5.74) is 2.30. The third-order valence-corrected chi connectivity index (χ3v) is 3.89. The van der Waals surface area contributed by atoms with Gasteiger partial charge in [0.1, 0.15) is 0 Å². The molecule has 1 N–H and O–H groups in total. The number of fused-ring (bicyclic) bond motifs is 1. The average Bonchev–Trinajstić information content (AvgIpc) is 2.49. The van der Waals surface area contributed by atoms with Gasteiger partial charge in [0.25, 0.3) is 0 Å². The van der Waals surface area contributed by atoms with Gasteiger partial charge in [-0.2, -0.15) is 0 Å². The zero-order valence-electron chi connectivity index (χ0n) is 13.6. The van der Waals surface area contributed by atoms with Gasteiger partial charge in [0, 0.05) is 23.5 Å². The van der Waals surface area contributed by atoms with Crippen molar-refractivity contribution in [3.8, 4) is 0 Å². The lowest BCUT2D eigenvalue weighted by molar-refractivity contribution is 0.425. The van der Waals surface area contributed by atoms with E-state index in [0.29, 0.717) is 6.04 Å². The summed E-state index contributed by atoms with van der Waals surface area (Å²) in [5, 5.41) is 4.90. The van der Waals surface area contributed by atoms with Crippen LogP contribution < -0.4 is 5.32 Å². The van der Waals surface area contributed by atoms with Gasteiger partial charge in [-0.05, 0) is 43.9 Å². The lowest BCUT2D eigenvalue weighted by atomic mass is 9.99. The van der Waals surface area contributed by atoms with E-state index >= 15 is 0 Å². The van der Waals surface area contributed by atoms with Crippen LogP contribution in [-0.2, 0) is 6.42 Å². The zero-order chi connectivity index (χ0) is 15.1. The Kier molecular flexibility index (Phi) is 6.19. The van der Waals surface area contributed by atoms with Gasteiger partial charge in [-0.25, -0.2) is 0 Å². The number of aromatic nitrogens is 1. The molecule has 0 saturated carbocycles. The highest BCUT2D eigenvalue weighted by Gasteiger charge is 2.11. The maximum atomic E-state index is 4.81. The topological polar surface area (TPSA) is 24.9 Å². The van der Waals surface area contributed by atoms with Crippen molar-refractivity contribution in [3.63, 3.8) is 0 Å². The Labute approximate surface area is 129 Å². The van der Waals surface area contributed by atoms with Crippen molar-refractivity contribution in [1.29, 1.82) is 0 Å². The summed E-state index contributed by atoms with van der Waals surface area (Å²) in [6, 6.07) is 13.3. The normalized spacial score (nSPS) is 13.0. The highest BCUT2D eigenvalue weighted by atomic mass is 14.9. The molecule has 0 amide bonds. The summed E-state index contributed by atoms with van der Waals surface area (Å²) >= 11 is 0. The molecule has 0 radical (unpaired) electrons. The van der Waals surface area contributed by atoms with E-state index in [2.05, 4.69) is 62.5 Å². The van der Waals surface area contributed by atoms with Crippen LogP contribution in [0.4, 0.5) is 0 Å². The molecule has 0 fully saturated rings. The third kappa shape index (κ3) is 5.13. The highest BCUT2D eigenvalue weighted by molar-refractivity contribution is 5.78. The number of nitrogens with one attached hydrogen (secondary N) is 1. The number of pyridine rings is 1. The van der Waals surface area contributed by atoms with Crippen molar-refractivity contribution in [2.45, 2.75) is 52.5 Å². The lowest BCUT2D eigenvalue weighted by Gasteiger charge is -2.19. The Morgan fingerprint density at radius 2 is 1.86 bits per heavy atom. The van der Waals surface area contributed by atoms with E-state index < -0.39 is 0 Å². The van der Waals surface area contributed by atoms with Crippen molar-refractivity contribution in [2.75, 3.05) is 6.54 Å². The first-order valence-electron chi connectivity index (χ1n) is 8.27. The maximum absolute atomic E-state index is 4.81. The number of rotatable bonds is 8. The Morgan fingerprint density at radius 1 is 1.05 bits per heavy atom. The molecule has 1 heterocycles. The number of nitrogens with zero attached hydrogens (tertiary/aromatic N) is 1. The second-order valence-corrected chi connectivity index (χ2v) is 6.32. The Bertz CT molecular complexity index is 548. The predicted molar refractivity (Wildman–Crippen MR) is 91.6 cm³/mol. The minimum absolute atomic E-state index is 0.543. The zero-order valence-corrected chi connectivity index (χ0v) is 13.6. The molecule has 2 rings (SSSR count). The molecule has 1 aromatic carbocycles. The van der Waals surface area contributed by atoms with E-state index in [1.54, 1.807) is 0 Å². The minimum atomic E-state index is 0.543. The quantitative estimate of drug-likeness (QED) is 0.767. The van der Waals surface area contributed by atoms with Crippen LogP contribution in [0.2, 0.25) is 0 Å². The number of benzene rings is 1. The first kappa shape index (κ1) is 16.0. The van der Waals surface area contributed by atoms with Crippen molar-refractivity contribution < 1.29 is 0 Å². The van der Waals surface area contributed by atoms with Crippen LogP contribution in [-0.4, -0.2) is 17.6 Å². The van der Waals surface area contributed by atoms with Gasteiger partial charge in [-0.3, -0.25) is 4.98 Å². The Balaban J connectivity index is 2.05. The van der Waals surface area contributed by atoms with Crippen molar-refractivity contribution >= 4 is 10.9 Å². The molecule has 0 aliphatic heterocycles. The molecule has 0 aliphatic carbocycles. The first-order valence-corrected chi connectivity index (χ1v) is 8.27. The summed E-state index contributed by atoms with van der Waals surface area (Å²) in [4.78, 5) is 4.81. The molecule has 0 saturated heterocycles. The van der Waals surface area contributed by atoms with Crippen molar-refractivity contribution in [3.05, 3.63) is 42.1 Å². The molecule has 2 nitrogen and oxygen atoms in total. The van der Waals surface area contributed by atoms with Crippen LogP contribution in [0.15, 0.2) is 36.4 Å². The standard InChI is InChI=1S/C19H28N2/c1-4-13-20-17(11-9-15(2)3)14-18-12-10-16-7-5-6-8-19(16)21-18/h5-8,10,12,15,17,20H,4,9,11,13-14H2,1-3H3. The highest BCUT2D eigenvalue weighted by Crippen LogP contribution is 2.15. The molecule has 2 heteroatoms. The molecule has 1 unspecified atom stereocenters. The van der Waals surface area contributed by atoms with E-state index in [4.69, 9.17) is 4.98 Å². The molecular weight excluding hydrogens is 256 g/mol. The number of hydrogen-bond acceptors (Lipinski definition) is 2. The van der Waals surface area contributed by atoms with Crippen LogP contribution in [0.5, 0.6) is 0 Å². The molecule has 1 aromatic heterocycles. The second kappa shape index (κ2) is 8.14. The van der Waals surface area contributed by atoms with Crippen LogP contribution in [0.25, 0.3) is 10.9 Å². The van der Waals surface area contributed by atoms with Gasteiger partial charge in [0.05, 0.1) is 5.52 Å². The molecular formula is C19H28N2. The van der Waals surface area contributed by atoms with Crippen molar-refractivity contribution in [1.82, 2.24) is 10.3 Å². The van der Waals surface area contributed by atoms with Gasteiger partial charge in [-0.1, -0.05) is 45.0 Å². The van der Waals surface area contributed by atoms with E-state index in [-0.39, 0.29) is 0 Å². The van der Waals surface area contributed by atoms with Crippen LogP contribution in [0.1, 0.15) is 45.7 Å². The van der Waals surface area contributed by atoms with E-state index in [1.807, 2.05) is 0 Å². The van der Waals surface area contributed by atoms with Crippen molar-refractivity contribution in [2.24, 2.45) is 5.92 Å². The summed E-state index contributed by atoms with van der Waals surface area (Å²) in [5.74, 6) is 0.764. The van der Waals surface area contributed by atoms with Crippen LogP contribution in [0.3, 0.4) is 0 Å². The molecule has 0 spiro atoms. The van der Waals surface area contributed by atoms with Gasteiger partial charge in [-0.15, -0.1) is 0 Å². The van der Waals surface area contributed by atoms with E-state index in [1.165, 1.54) is 30.3 Å². The van der Waals surface area contributed by atoms with Gasteiger partial charge < -0.3 is 5.32 Å². The fraction of sp³-hybridized carbons (Fsp3) is 0.526. The second-order valence-electron chi connectivity index (χ2n) is 6.32. The fourth-order valence-electron chi connectivity index (χ4n) is 2.63. The molecule has 21 heavy (non-hydrogen) atoms. The molecule has 0 aliphatic rings. The summed E-state index contributed by atoms with van der Waals surface area (Å²) < 4.78 is 0. The fourth-order valence-corrected chi connectivity index (χ4v) is 2.63. The monoisotopic (exact) mass is 284 g/mol. The maximum Gasteiger partial charge on any atom is 0.0705 e. The predicted octanol–water partition coefficient (Wildman–Crippen LogP) is 4.58. The molecule has 114 valence electrons. The molecule has 0 bridgehead atoms. The summed E-state index contributed by atoms with van der Waals surface area (Å²) in [6.07, 6.45) is 4.71. The summed E-state index contributed by atoms with van der Waals surface area (Å²) in [6.45, 7) is 7.91.